The molecule has 2 aromatic carbocycles. The number of amidine groups is 1. The number of aliphatic imine (C=N–C) groups is 1. The van der Waals surface area contributed by atoms with Crippen molar-refractivity contribution in [2.75, 3.05) is 0 Å². The monoisotopic (exact) mass is 372 g/mol. The number of amides is 1. The van der Waals surface area contributed by atoms with E-state index in [1.807, 2.05) is 6.92 Å². The molecule has 1 aliphatic rings. The molecule has 0 saturated heterocycles. The normalized spacial score (nSPS) is 20.6. The highest BCUT2D eigenvalue weighted by Crippen LogP contribution is 2.42. The number of thioether (sulfide) groups is 1. The Morgan fingerprint density at radius 1 is 1.19 bits per heavy atom. The first kappa shape index (κ1) is 18.1. The first-order valence-corrected chi connectivity index (χ1v) is 8.79. The number of carbonyl (C=O) groups excluding carboxylic acids is 1. The number of benzene rings is 2. The molecule has 0 spiro atoms. The molecule has 1 aliphatic heterocycles. The minimum Gasteiger partial charge on any atom is -0.478 e. The lowest BCUT2D eigenvalue weighted by atomic mass is 9.98. The van der Waals surface area contributed by atoms with Gasteiger partial charge in [0.1, 0.15) is 10.6 Å². The minimum atomic E-state index is -1.01. The molecule has 1 amide bonds. The number of aromatic carboxylic acids is 1. The number of rotatable bonds is 4. The molecule has 134 valence electrons. The summed E-state index contributed by atoms with van der Waals surface area (Å²) in [6.45, 7) is 3.66. The van der Waals surface area contributed by atoms with E-state index in [2.05, 4.69) is 10.3 Å². The molecule has 26 heavy (non-hydrogen) atoms. The van der Waals surface area contributed by atoms with Crippen LogP contribution in [-0.4, -0.2) is 22.2 Å². The van der Waals surface area contributed by atoms with Gasteiger partial charge < -0.3 is 10.4 Å². The van der Waals surface area contributed by atoms with E-state index in [4.69, 9.17) is 5.11 Å². The lowest BCUT2D eigenvalue weighted by Crippen LogP contribution is -2.26. The van der Waals surface area contributed by atoms with Crippen LogP contribution in [0.2, 0.25) is 0 Å². The van der Waals surface area contributed by atoms with Crippen LogP contribution < -0.4 is 5.32 Å². The van der Waals surface area contributed by atoms with E-state index >= 15 is 0 Å². The Kier molecular flexibility index (Phi) is 4.82. The van der Waals surface area contributed by atoms with Gasteiger partial charge in [0.25, 0.3) is 5.91 Å². The second-order valence-electron chi connectivity index (χ2n) is 6.16. The Morgan fingerprint density at radius 2 is 1.81 bits per heavy atom. The van der Waals surface area contributed by atoms with Crippen molar-refractivity contribution >= 4 is 28.8 Å². The smallest absolute Gasteiger partial charge is 0.335 e. The third kappa shape index (κ3) is 3.48. The second-order valence-corrected chi connectivity index (χ2v) is 7.56. The fraction of sp³-hybridized carbons (Fsp3) is 0.211. The van der Waals surface area contributed by atoms with E-state index in [-0.39, 0.29) is 23.3 Å². The van der Waals surface area contributed by atoms with Gasteiger partial charge in [0.15, 0.2) is 5.17 Å². The Bertz CT molecular complexity index is 881. The summed E-state index contributed by atoms with van der Waals surface area (Å²) < 4.78 is 12.1. The maximum absolute atomic E-state index is 13.0. The largest absolute Gasteiger partial charge is 0.478 e. The average Bonchev–Trinajstić information content (AvgIpc) is 2.90. The van der Waals surface area contributed by atoms with Gasteiger partial charge in [0.05, 0.1) is 11.6 Å². The van der Waals surface area contributed by atoms with E-state index in [1.54, 1.807) is 31.2 Å². The Labute approximate surface area is 154 Å². The van der Waals surface area contributed by atoms with E-state index in [0.717, 1.165) is 5.56 Å². The number of carboxylic acid groups (broad SMARTS) is 1. The van der Waals surface area contributed by atoms with Gasteiger partial charge in [-0.3, -0.25) is 4.79 Å². The van der Waals surface area contributed by atoms with Gasteiger partial charge in [-0.15, -0.1) is 0 Å². The van der Waals surface area contributed by atoms with Crippen molar-refractivity contribution in [2.24, 2.45) is 4.99 Å². The van der Waals surface area contributed by atoms with Crippen molar-refractivity contribution in [1.82, 2.24) is 5.32 Å². The molecule has 0 bridgehead atoms. The highest BCUT2D eigenvalue weighted by molar-refractivity contribution is 8.15. The standard InChI is InChI=1S/C19H17FN2O3S/c1-11(12-5-9-15(20)10-6-12)21-18-22-17(25)19(2,26-18)14-7-3-13(4-8-14)16(23)24/h3-11H,1-2H3,(H,23,24)(H,21,22,25)/t11-,19?/m0/s1. The summed E-state index contributed by atoms with van der Waals surface area (Å²) in [4.78, 5) is 27.6. The number of carbonyl (C=O) groups is 2. The molecular formula is C19H17FN2O3S. The van der Waals surface area contributed by atoms with Gasteiger partial charge in [0.2, 0.25) is 0 Å². The van der Waals surface area contributed by atoms with Gasteiger partial charge in [-0.1, -0.05) is 36.0 Å². The predicted molar refractivity (Wildman–Crippen MR) is 98.7 cm³/mol. The highest BCUT2D eigenvalue weighted by Gasteiger charge is 2.43. The van der Waals surface area contributed by atoms with Crippen LogP contribution in [0.15, 0.2) is 53.5 Å². The summed E-state index contributed by atoms with van der Waals surface area (Å²) in [6.07, 6.45) is 0. The maximum Gasteiger partial charge on any atom is 0.335 e. The van der Waals surface area contributed by atoms with Gasteiger partial charge >= 0.3 is 5.97 Å². The molecular weight excluding hydrogens is 355 g/mol. The second kappa shape index (κ2) is 6.92. The van der Waals surface area contributed by atoms with Gasteiger partial charge in [0, 0.05) is 0 Å². The fourth-order valence-electron chi connectivity index (χ4n) is 2.65. The van der Waals surface area contributed by atoms with Crippen LogP contribution in [0.25, 0.3) is 0 Å². The van der Waals surface area contributed by atoms with E-state index in [1.165, 1.54) is 36.0 Å². The number of nitrogens with one attached hydrogen (secondary N) is 1. The molecule has 1 unspecified atom stereocenters. The minimum absolute atomic E-state index is 0.147. The molecule has 3 rings (SSSR count). The van der Waals surface area contributed by atoms with Crippen molar-refractivity contribution < 1.29 is 19.1 Å². The van der Waals surface area contributed by atoms with E-state index < -0.39 is 10.7 Å². The highest BCUT2D eigenvalue weighted by atomic mass is 32.2. The summed E-state index contributed by atoms with van der Waals surface area (Å²) >= 11 is 1.28. The number of hydrogen-bond acceptors (Lipinski definition) is 4. The number of carboxylic acids is 1. The molecule has 2 atom stereocenters. The molecule has 5 nitrogen and oxygen atoms in total. The van der Waals surface area contributed by atoms with Gasteiger partial charge in [-0.05, 0) is 49.2 Å². The summed E-state index contributed by atoms with van der Waals surface area (Å²) in [5, 5.41) is 12.7. The van der Waals surface area contributed by atoms with Crippen LogP contribution in [0.1, 0.15) is 41.4 Å². The van der Waals surface area contributed by atoms with Crippen molar-refractivity contribution in [3.8, 4) is 0 Å². The third-order valence-electron chi connectivity index (χ3n) is 4.30. The summed E-state index contributed by atoms with van der Waals surface area (Å²) in [5.74, 6) is -1.63. The zero-order valence-electron chi connectivity index (χ0n) is 14.2. The van der Waals surface area contributed by atoms with Crippen molar-refractivity contribution in [2.45, 2.75) is 24.6 Å². The zero-order chi connectivity index (χ0) is 18.9. The molecule has 1 heterocycles. The van der Waals surface area contributed by atoms with Crippen LogP contribution in [-0.2, 0) is 9.54 Å². The molecule has 7 heteroatoms. The maximum atomic E-state index is 13.0. The molecule has 0 aliphatic carbocycles. The lowest BCUT2D eigenvalue weighted by molar-refractivity contribution is -0.119. The lowest BCUT2D eigenvalue weighted by Gasteiger charge is -2.21. The molecule has 0 radical (unpaired) electrons. The summed E-state index contributed by atoms with van der Waals surface area (Å²) in [7, 11) is 0. The molecule has 0 aromatic heterocycles. The third-order valence-corrected chi connectivity index (χ3v) is 5.53. The van der Waals surface area contributed by atoms with Crippen LogP contribution in [0.3, 0.4) is 0 Å². The summed E-state index contributed by atoms with van der Waals surface area (Å²) in [6, 6.07) is 12.2. The number of nitrogens with zero attached hydrogens (tertiary/aromatic N) is 1. The van der Waals surface area contributed by atoms with E-state index in [0.29, 0.717) is 10.7 Å². The SMILES string of the molecule is C[C@H](NC1=NC(=O)C(C)(c2ccc(C(=O)O)cc2)S1)c1ccc(F)cc1. The van der Waals surface area contributed by atoms with Crippen LogP contribution >= 0.6 is 11.8 Å². The molecule has 2 aromatic rings. The van der Waals surface area contributed by atoms with Gasteiger partial charge in [-0.25, -0.2) is 9.18 Å². The number of hydrogen-bond donors (Lipinski definition) is 2. The number of halogens is 1. The Hall–Kier alpha value is -2.67. The topological polar surface area (TPSA) is 78.8 Å². The van der Waals surface area contributed by atoms with Crippen molar-refractivity contribution in [3.05, 3.63) is 71.0 Å². The zero-order valence-corrected chi connectivity index (χ0v) is 15.0. The molecule has 0 fully saturated rings. The van der Waals surface area contributed by atoms with Crippen LogP contribution in [0, 0.1) is 5.82 Å². The van der Waals surface area contributed by atoms with Crippen molar-refractivity contribution in [1.29, 1.82) is 0 Å². The summed E-state index contributed by atoms with van der Waals surface area (Å²) in [5.41, 5.74) is 1.73. The predicted octanol–water partition coefficient (Wildman–Crippen LogP) is 3.72. The molecule has 0 saturated carbocycles. The Balaban J connectivity index is 1.75. The molecule has 2 N–H and O–H groups in total. The van der Waals surface area contributed by atoms with E-state index in [9.17, 15) is 14.0 Å². The quantitative estimate of drug-likeness (QED) is 0.855. The van der Waals surface area contributed by atoms with Crippen molar-refractivity contribution in [3.63, 3.8) is 0 Å². The Morgan fingerprint density at radius 3 is 2.38 bits per heavy atom. The first-order chi connectivity index (χ1) is 12.3. The first-order valence-electron chi connectivity index (χ1n) is 7.97. The fourth-order valence-corrected chi connectivity index (χ4v) is 3.79. The van der Waals surface area contributed by atoms with Crippen LogP contribution in [0.4, 0.5) is 4.39 Å². The van der Waals surface area contributed by atoms with Gasteiger partial charge in [-0.2, -0.15) is 4.99 Å². The average molecular weight is 372 g/mol. The van der Waals surface area contributed by atoms with Crippen LogP contribution in [0.5, 0.6) is 0 Å².